The Bertz CT molecular complexity index is 880. The second kappa shape index (κ2) is 9.00. The smallest absolute Gasteiger partial charge is 0.269 e. The Morgan fingerprint density at radius 3 is 2.29 bits per heavy atom. The third kappa shape index (κ3) is 4.77. The lowest BCUT2D eigenvalue weighted by molar-refractivity contribution is -0.384. The molecule has 2 amide bonds. The van der Waals surface area contributed by atoms with E-state index in [9.17, 15) is 19.7 Å². The second-order valence-corrected chi connectivity index (χ2v) is 7.47. The highest BCUT2D eigenvalue weighted by atomic mass is 127. The van der Waals surface area contributed by atoms with E-state index in [0.717, 1.165) is 9.26 Å². The van der Waals surface area contributed by atoms with Crippen molar-refractivity contribution in [2.45, 2.75) is 0 Å². The molecule has 28 heavy (non-hydrogen) atoms. The Labute approximate surface area is 175 Å². The van der Waals surface area contributed by atoms with Gasteiger partial charge >= 0.3 is 0 Å². The van der Waals surface area contributed by atoms with Crippen LogP contribution >= 0.6 is 22.6 Å². The van der Waals surface area contributed by atoms with Gasteiger partial charge in [-0.2, -0.15) is 0 Å². The average Bonchev–Trinajstić information content (AvgIpc) is 2.72. The molecule has 8 nitrogen and oxygen atoms in total. The first-order valence-electron chi connectivity index (χ1n) is 8.75. The van der Waals surface area contributed by atoms with E-state index in [2.05, 4.69) is 32.8 Å². The maximum absolute atomic E-state index is 12.4. The molecule has 0 aromatic heterocycles. The minimum Gasteiger partial charge on any atom is -0.368 e. The second-order valence-electron chi connectivity index (χ2n) is 6.30. The predicted molar refractivity (Wildman–Crippen MR) is 113 cm³/mol. The van der Waals surface area contributed by atoms with Gasteiger partial charge in [0.1, 0.15) is 0 Å². The molecule has 0 spiro atoms. The zero-order chi connectivity index (χ0) is 20.1. The summed E-state index contributed by atoms with van der Waals surface area (Å²) in [6.45, 7) is 2.30. The first kappa shape index (κ1) is 20.1. The number of piperazine rings is 1. The van der Waals surface area contributed by atoms with Crippen LogP contribution in [0.5, 0.6) is 0 Å². The highest BCUT2D eigenvalue weighted by Gasteiger charge is 2.22. The monoisotopic (exact) mass is 494 g/mol. The molecule has 1 fully saturated rings. The van der Waals surface area contributed by atoms with Crippen LogP contribution in [0, 0.1) is 13.7 Å². The van der Waals surface area contributed by atoms with Crippen molar-refractivity contribution in [2.75, 3.05) is 37.6 Å². The van der Waals surface area contributed by atoms with Gasteiger partial charge in [0.2, 0.25) is 5.91 Å². The van der Waals surface area contributed by atoms with Gasteiger partial charge < -0.3 is 15.1 Å². The molecule has 3 rings (SSSR count). The molecule has 1 heterocycles. The number of carbonyl (C=O) groups excluding carboxylic acids is 2. The molecule has 0 aliphatic carbocycles. The molecular formula is C19H19IN4O4. The summed E-state index contributed by atoms with van der Waals surface area (Å²) in [5.74, 6) is -0.384. The van der Waals surface area contributed by atoms with Crippen LogP contribution in [-0.2, 0) is 4.79 Å². The summed E-state index contributed by atoms with van der Waals surface area (Å²) in [4.78, 5) is 38.7. The molecule has 1 aliphatic heterocycles. The molecule has 9 heteroatoms. The van der Waals surface area contributed by atoms with Crippen LogP contribution in [-0.4, -0.2) is 54.4 Å². The van der Waals surface area contributed by atoms with E-state index in [0.29, 0.717) is 31.7 Å². The number of anilines is 1. The molecule has 1 saturated heterocycles. The van der Waals surface area contributed by atoms with Gasteiger partial charge in [0.15, 0.2) is 0 Å². The van der Waals surface area contributed by atoms with Gasteiger partial charge in [-0.15, -0.1) is 0 Å². The van der Waals surface area contributed by atoms with Gasteiger partial charge in [0.05, 0.1) is 17.0 Å². The number of non-ortho nitro benzene ring substituents is 1. The number of benzene rings is 2. The fraction of sp³-hybridized carbons (Fsp3) is 0.263. The summed E-state index contributed by atoms with van der Waals surface area (Å²) in [6.07, 6.45) is 0. The molecule has 1 N–H and O–H groups in total. The van der Waals surface area contributed by atoms with Gasteiger partial charge in [0.25, 0.3) is 11.6 Å². The minimum absolute atomic E-state index is 0.0403. The summed E-state index contributed by atoms with van der Waals surface area (Å²) < 4.78 is 0.835. The van der Waals surface area contributed by atoms with Crippen molar-refractivity contribution in [3.05, 3.63) is 67.8 Å². The number of nitrogens with zero attached hydrogens (tertiary/aromatic N) is 3. The topological polar surface area (TPSA) is 95.8 Å². The SMILES string of the molecule is O=C(NCC(=O)N1CCN(c2ccc([N+](=O)[O-])cc2)CC1)c1ccccc1I. The van der Waals surface area contributed by atoms with Crippen LogP contribution in [0.2, 0.25) is 0 Å². The first-order valence-corrected chi connectivity index (χ1v) is 9.83. The summed E-state index contributed by atoms with van der Waals surface area (Å²) in [5, 5.41) is 13.4. The molecule has 2 aromatic carbocycles. The molecule has 0 radical (unpaired) electrons. The molecule has 0 saturated carbocycles. The molecular weight excluding hydrogens is 475 g/mol. The fourth-order valence-electron chi connectivity index (χ4n) is 3.01. The maximum Gasteiger partial charge on any atom is 0.269 e. The van der Waals surface area contributed by atoms with Gasteiger partial charge in [-0.05, 0) is 46.9 Å². The van der Waals surface area contributed by atoms with Crippen molar-refractivity contribution in [3.63, 3.8) is 0 Å². The van der Waals surface area contributed by atoms with Crippen LogP contribution in [0.25, 0.3) is 0 Å². The van der Waals surface area contributed by atoms with E-state index in [4.69, 9.17) is 0 Å². The number of nitrogens with one attached hydrogen (secondary N) is 1. The average molecular weight is 494 g/mol. The highest BCUT2D eigenvalue weighted by Crippen LogP contribution is 2.20. The fourth-order valence-corrected chi connectivity index (χ4v) is 3.64. The molecule has 2 aromatic rings. The van der Waals surface area contributed by atoms with Crippen molar-refractivity contribution in [2.24, 2.45) is 0 Å². The highest BCUT2D eigenvalue weighted by molar-refractivity contribution is 14.1. The number of hydrogen-bond donors (Lipinski definition) is 1. The third-order valence-electron chi connectivity index (χ3n) is 4.58. The van der Waals surface area contributed by atoms with Gasteiger partial charge in [-0.1, -0.05) is 12.1 Å². The van der Waals surface area contributed by atoms with E-state index in [1.54, 1.807) is 29.2 Å². The van der Waals surface area contributed by atoms with Crippen LogP contribution in [0.15, 0.2) is 48.5 Å². The lowest BCUT2D eigenvalue weighted by Crippen LogP contribution is -2.51. The normalized spacial score (nSPS) is 13.9. The number of nitro benzene ring substituents is 1. The maximum atomic E-state index is 12.4. The molecule has 1 aliphatic rings. The van der Waals surface area contributed by atoms with E-state index in [-0.39, 0.29) is 24.0 Å². The van der Waals surface area contributed by atoms with E-state index < -0.39 is 4.92 Å². The van der Waals surface area contributed by atoms with Crippen LogP contribution in [0.4, 0.5) is 11.4 Å². The van der Waals surface area contributed by atoms with E-state index >= 15 is 0 Å². The number of rotatable bonds is 5. The lowest BCUT2D eigenvalue weighted by atomic mass is 10.2. The van der Waals surface area contributed by atoms with Gasteiger partial charge in [-0.25, -0.2) is 0 Å². The Morgan fingerprint density at radius 2 is 1.68 bits per heavy atom. The Hall–Kier alpha value is -2.69. The number of amides is 2. The van der Waals surface area contributed by atoms with Crippen molar-refractivity contribution in [3.8, 4) is 0 Å². The third-order valence-corrected chi connectivity index (χ3v) is 5.52. The van der Waals surface area contributed by atoms with Crippen molar-refractivity contribution < 1.29 is 14.5 Å². The van der Waals surface area contributed by atoms with E-state index in [1.165, 1.54) is 12.1 Å². The number of halogens is 1. The largest absolute Gasteiger partial charge is 0.368 e. The summed E-state index contributed by atoms with van der Waals surface area (Å²) >= 11 is 2.09. The molecule has 0 atom stereocenters. The van der Waals surface area contributed by atoms with Crippen molar-refractivity contribution >= 4 is 45.8 Å². The van der Waals surface area contributed by atoms with Crippen LogP contribution < -0.4 is 10.2 Å². The Kier molecular flexibility index (Phi) is 6.45. The molecule has 0 bridgehead atoms. The quantitative estimate of drug-likeness (QED) is 0.391. The minimum atomic E-state index is -0.425. The zero-order valence-electron chi connectivity index (χ0n) is 15.0. The first-order chi connectivity index (χ1) is 13.5. The van der Waals surface area contributed by atoms with Crippen LogP contribution in [0.3, 0.4) is 0 Å². The molecule has 0 unspecified atom stereocenters. The van der Waals surface area contributed by atoms with Crippen molar-refractivity contribution in [1.29, 1.82) is 0 Å². The van der Waals surface area contributed by atoms with Gasteiger partial charge in [-0.3, -0.25) is 19.7 Å². The standard InChI is InChI=1S/C19H19IN4O4/c20-17-4-2-1-3-16(17)19(26)21-13-18(25)23-11-9-22(10-12-23)14-5-7-15(8-6-14)24(27)28/h1-8H,9-13H2,(H,21,26). The lowest BCUT2D eigenvalue weighted by Gasteiger charge is -2.36. The summed E-state index contributed by atoms with van der Waals surface area (Å²) in [5.41, 5.74) is 1.50. The van der Waals surface area contributed by atoms with E-state index in [1.807, 2.05) is 12.1 Å². The van der Waals surface area contributed by atoms with Gasteiger partial charge in [0, 0.05) is 47.6 Å². The summed E-state index contributed by atoms with van der Waals surface area (Å²) in [7, 11) is 0. The van der Waals surface area contributed by atoms with Crippen LogP contribution in [0.1, 0.15) is 10.4 Å². The number of hydrogen-bond acceptors (Lipinski definition) is 5. The predicted octanol–water partition coefficient (Wildman–Crippen LogP) is 2.28. The molecule has 146 valence electrons. The van der Waals surface area contributed by atoms with Crippen molar-refractivity contribution in [1.82, 2.24) is 10.2 Å². The Morgan fingerprint density at radius 1 is 1.04 bits per heavy atom. The number of nitro groups is 1. The number of carbonyl (C=O) groups is 2. The zero-order valence-corrected chi connectivity index (χ0v) is 17.2. The Balaban J connectivity index is 1.49. The summed E-state index contributed by atoms with van der Waals surface area (Å²) in [6, 6.07) is 13.6.